The molecule has 2 nitrogen and oxygen atoms in total. The molecule has 0 bridgehead atoms. The molecule has 1 heterocycles. The smallest absolute Gasteiger partial charge is 0.307 e. The maximum absolute atomic E-state index is 11.9. The van der Waals surface area contributed by atoms with Gasteiger partial charge < -0.3 is 5.32 Å². The van der Waals surface area contributed by atoms with Crippen molar-refractivity contribution in [1.82, 2.24) is 10.2 Å². The molecule has 2 atom stereocenters. The number of hydrogen-bond acceptors (Lipinski definition) is 2. The molecular formula is C11H21F3N2. The van der Waals surface area contributed by atoms with Crippen LogP contribution in [0.1, 0.15) is 26.7 Å². The Morgan fingerprint density at radius 2 is 1.94 bits per heavy atom. The summed E-state index contributed by atoms with van der Waals surface area (Å²) in [6.45, 7) is 5.59. The molecular weight excluding hydrogens is 217 g/mol. The summed E-state index contributed by atoms with van der Waals surface area (Å²) in [5.74, 6) is 0.666. The molecule has 2 unspecified atom stereocenters. The lowest BCUT2D eigenvalue weighted by Crippen LogP contribution is -2.45. The first-order chi connectivity index (χ1) is 7.38. The average molecular weight is 238 g/mol. The first kappa shape index (κ1) is 13.8. The summed E-state index contributed by atoms with van der Waals surface area (Å²) in [5.41, 5.74) is 0. The van der Waals surface area contributed by atoms with Crippen molar-refractivity contribution in [2.24, 2.45) is 5.92 Å². The summed E-state index contributed by atoms with van der Waals surface area (Å²) in [6, 6.07) is 0.504. The minimum absolute atomic E-state index is 0.413. The molecule has 0 aromatic carbocycles. The predicted molar refractivity (Wildman–Crippen MR) is 58.4 cm³/mol. The summed E-state index contributed by atoms with van der Waals surface area (Å²) < 4.78 is 35.7. The van der Waals surface area contributed by atoms with Crippen molar-refractivity contribution in [2.45, 2.75) is 38.9 Å². The van der Waals surface area contributed by atoms with Gasteiger partial charge in [-0.25, -0.2) is 0 Å². The van der Waals surface area contributed by atoms with Crippen molar-refractivity contribution < 1.29 is 13.2 Å². The van der Waals surface area contributed by atoms with E-state index in [1.165, 1.54) is 6.42 Å². The fourth-order valence-corrected chi connectivity index (χ4v) is 2.14. The van der Waals surface area contributed by atoms with Crippen molar-refractivity contribution in [3.63, 3.8) is 0 Å². The number of likely N-dealkylation sites (tertiary alicyclic amines) is 1. The zero-order valence-electron chi connectivity index (χ0n) is 9.98. The van der Waals surface area contributed by atoms with Crippen LogP contribution < -0.4 is 5.32 Å². The molecule has 1 N–H and O–H groups in total. The largest absolute Gasteiger partial charge is 0.401 e. The van der Waals surface area contributed by atoms with Crippen molar-refractivity contribution in [3.8, 4) is 0 Å². The molecule has 1 saturated heterocycles. The standard InChI is InChI=1S/C11H21F3N2/c1-9-3-4-10(2)16(7-9)6-5-15-8-11(12,13)14/h9-10,15H,3-8H2,1-2H3. The molecule has 0 spiro atoms. The molecule has 0 aromatic heterocycles. The van der Waals surface area contributed by atoms with Crippen LogP contribution in [0.3, 0.4) is 0 Å². The minimum Gasteiger partial charge on any atom is -0.307 e. The molecule has 16 heavy (non-hydrogen) atoms. The summed E-state index contributed by atoms with van der Waals surface area (Å²) in [4.78, 5) is 2.28. The second kappa shape index (κ2) is 5.87. The van der Waals surface area contributed by atoms with Gasteiger partial charge >= 0.3 is 6.18 Å². The van der Waals surface area contributed by atoms with E-state index < -0.39 is 12.7 Å². The Labute approximate surface area is 95.2 Å². The molecule has 1 aliphatic heterocycles. The topological polar surface area (TPSA) is 15.3 Å². The van der Waals surface area contributed by atoms with Gasteiger partial charge in [0.05, 0.1) is 6.54 Å². The van der Waals surface area contributed by atoms with Gasteiger partial charge in [0.2, 0.25) is 0 Å². The van der Waals surface area contributed by atoms with Gasteiger partial charge in [-0.2, -0.15) is 13.2 Å². The lowest BCUT2D eigenvalue weighted by molar-refractivity contribution is -0.124. The van der Waals surface area contributed by atoms with Gasteiger partial charge in [-0.05, 0) is 25.7 Å². The van der Waals surface area contributed by atoms with E-state index >= 15 is 0 Å². The molecule has 96 valence electrons. The number of halogens is 3. The van der Waals surface area contributed by atoms with E-state index in [1.54, 1.807) is 0 Å². The van der Waals surface area contributed by atoms with Crippen LogP contribution in [0.5, 0.6) is 0 Å². The predicted octanol–water partition coefficient (Wildman–Crippen LogP) is 2.26. The highest BCUT2D eigenvalue weighted by atomic mass is 19.4. The number of alkyl halides is 3. The quantitative estimate of drug-likeness (QED) is 0.756. The normalized spacial score (nSPS) is 28.3. The second-order valence-corrected chi connectivity index (χ2v) is 4.82. The Morgan fingerprint density at radius 1 is 1.25 bits per heavy atom. The van der Waals surface area contributed by atoms with Crippen LogP contribution in [-0.4, -0.2) is 43.3 Å². The highest BCUT2D eigenvalue weighted by Gasteiger charge is 2.27. The van der Waals surface area contributed by atoms with Crippen LogP contribution in [0, 0.1) is 5.92 Å². The lowest BCUT2D eigenvalue weighted by atomic mass is 9.95. The van der Waals surface area contributed by atoms with Crippen molar-refractivity contribution in [2.75, 3.05) is 26.2 Å². The van der Waals surface area contributed by atoms with Gasteiger partial charge in [-0.3, -0.25) is 4.90 Å². The van der Waals surface area contributed by atoms with E-state index in [9.17, 15) is 13.2 Å². The molecule has 0 radical (unpaired) electrons. The van der Waals surface area contributed by atoms with Crippen LogP contribution >= 0.6 is 0 Å². The number of rotatable bonds is 4. The Hall–Kier alpha value is -0.290. The van der Waals surface area contributed by atoms with Crippen LogP contribution in [-0.2, 0) is 0 Å². The summed E-state index contributed by atoms with van der Waals surface area (Å²) in [5, 5.41) is 2.44. The van der Waals surface area contributed by atoms with Crippen LogP contribution in [0.25, 0.3) is 0 Å². The van der Waals surface area contributed by atoms with Crippen LogP contribution in [0.4, 0.5) is 13.2 Å². The molecule has 1 rings (SSSR count). The molecule has 0 saturated carbocycles. The summed E-state index contributed by atoms with van der Waals surface area (Å²) >= 11 is 0. The average Bonchev–Trinajstić information content (AvgIpc) is 2.16. The van der Waals surface area contributed by atoms with E-state index in [2.05, 4.69) is 24.1 Å². The third kappa shape index (κ3) is 5.16. The zero-order valence-corrected chi connectivity index (χ0v) is 9.98. The van der Waals surface area contributed by atoms with Gasteiger partial charge in [0.25, 0.3) is 0 Å². The Balaban J connectivity index is 2.16. The van der Waals surface area contributed by atoms with Crippen LogP contribution in [0.15, 0.2) is 0 Å². The van der Waals surface area contributed by atoms with Gasteiger partial charge in [0.1, 0.15) is 0 Å². The molecule has 0 amide bonds. The lowest BCUT2D eigenvalue weighted by Gasteiger charge is -2.36. The van der Waals surface area contributed by atoms with E-state index in [-0.39, 0.29) is 0 Å². The van der Waals surface area contributed by atoms with E-state index in [1.807, 2.05) is 0 Å². The summed E-state index contributed by atoms with van der Waals surface area (Å²) in [7, 11) is 0. The molecule has 1 aliphatic rings. The summed E-state index contributed by atoms with van der Waals surface area (Å²) in [6.07, 6.45) is -1.71. The number of piperidine rings is 1. The van der Waals surface area contributed by atoms with Crippen molar-refractivity contribution in [3.05, 3.63) is 0 Å². The second-order valence-electron chi connectivity index (χ2n) is 4.82. The van der Waals surface area contributed by atoms with Crippen molar-refractivity contribution >= 4 is 0 Å². The van der Waals surface area contributed by atoms with Crippen LogP contribution in [0.2, 0.25) is 0 Å². The highest BCUT2D eigenvalue weighted by molar-refractivity contribution is 4.77. The number of hydrogen-bond donors (Lipinski definition) is 1. The maximum Gasteiger partial charge on any atom is 0.401 e. The monoisotopic (exact) mass is 238 g/mol. The minimum atomic E-state index is -4.10. The SMILES string of the molecule is CC1CCC(C)N(CCNCC(F)(F)F)C1. The molecule has 0 aromatic rings. The van der Waals surface area contributed by atoms with Gasteiger partial charge in [0, 0.05) is 25.7 Å². The first-order valence-electron chi connectivity index (χ1n) is 5.90. The number of nitrogens with one attached hydrogen (secondary N) is 1. The fraction of sp³-hybridized carbons (Fsp3) is 1.00. The Bertz CT molecular complexity index is 206. The third-order valence-electron chi connectivity index (χ3n) is 3.15. The molecule has 5 heteroatoms. The van der Waals surface area contributed by atoms with E-state index in [0.717, 1.165) is 13.0 Å². The zero-order chi connectivity index (χ0) is 12.2. The number of nitrogens with zero attached hydrogens (tertiary/aromatic N) is 1. The Kier molecular flexibility index (Phi) is 5.05. The molecule has 1 fully saturated rings. The third-order valence-corrected chi connectivity index (χ3v) is 3.15. The first-order valence-corrected chi connectivity index (χ1v) is 5.90. The van der Waals surface area contributed by atoms with Gasteiger partial charge in [0.15, 0.2) is 0 Å². The van der Waals surface area contributed by atoms with E-state index in [4.69, 9.17) is 0 Å². The fourth-order valence-electron chi connectivity index (χ4n) is 2.14. The Morgan fingerprint density at radius 3 is 2.56 bits per heavy atom. The van der Waals surface area contributed by atoms with Crippen molar-refractivity contribution in [1.29, 1.82) is 0 Å². The maximum atomic E-state index is 11.9. The van der Waals surface area contributed by atoms with Gasteiger partial charge in [-0.15, -0.1) is 0 Å². The van der Waals surface area contributed by atoms with Gasteiger partial charge in [-0.1, -0.05) is 6.92 Å². The highest BCUT2D eigenvalue weighted by Crippen LogP contribution is 2.20. The molecule has 0 aliphatic carbocycles. The van der Waals surface area contributed by atoms with E-state index in [0.29, 0.717) is 25.0 Å².